The van der Waals surface area contributed by atoms with Gasteiger partial charge in [-0.2, -0.15) is 13.2 Å². The van der Waals surface area contributed by atoms with Crippen LogP contribution >= 0.6 is 23.1 Å². The molecule has 4 rings (SSSR count). The molecule has 0 atom stereocenters. The zero-order valence-corrected chi connectivity index (χ0v) is 17.2. The Morgan fingerprint density at radius 3 is 2.63 bits per heavy atom. The number of hydrogen-bond donors (Lipinski definition) is 0. The maximum Gasteiger partial charge on any atom is 0.416 e. The summed E-state index contributed by atoms with van der Waals surface area (Å²) in [6.45, 7) is 0. The highest BCUT2D eigenvalue weighted by molar-refractivity contribution is 7.98. The van der Waals surface area contributed by atoms with Crippen LogP contribution in [-0.4, -0.2) is 18.1 Å². The van der Waals surface area contributed by atoms with Crippen molar-refractivity contribution in [1.29, 1.82) is 0 Å². The Morgan fingerprint density at radius 2 is 1.93 bits per heavy atom. The number of halogens is 3. The van der Waals surface area contributed by atoms with Crippen molar-refractivity contribution >= 4 is 40.0 Å². The Bertz CT molecular complexity index is 1200. The molecule has 154 valence electrons. The molecule has 0 unspecified atom stereocenters. The summed E-state index contributed by atoms with van der Waals surface area (Å²) in [6.07, 6.45) is -2.62. The number of carbonyl (C=O) groups excluding carboxylic acids is 1. The first kappa shape index (κ1) is 20.5. The van der Waals surface area contributed by atoms with E-state index in [4.69, 9.17) is 4.42 Å². The minimum atomic E-state index is -4.35. The second-order valence-electron chi connectivity index (χ2n) is 6.30. The lowest BCUT2D eigenvalue weighted by molar-refractivity contribution is -0.137. The molecule has 0 radical (unpaired) electrons. The number of furan rings is 1. The highest BCUT2D eigenvalue weighted by Gasteiger charge is 2.30. The first-order valence-corrected chi connectivity index (χ1v) is 10.5. The highest BCUT2D eigenvalue weighted by Crippen LogP contribution is 2.34. The van der Waals surface area contributed by atoms with E-state index in [0.717, 1.165) is 27.3 Å². The number of aromatic nitrogens is 1. The van der Waals surface area contributed by atoms with Gasteiger partial charge in [0.25, 0.3) is 0 Å². The quantitative estimate of drug-likeness (QED) is 0.252. The van der Waals surface area contributed by atoms with Crippen LogP contribution in [0.5, 0.6) is 0 Å². The third-order valence-corrected chi connectivity index (χ3v) is 6.54. The van der Waals surface area contributed by atoms with E-state index in [1.165, 1.54) is 30.6 Å². The van der Waals surface area contributed by atoms with Crippen LogP contribution in [0.4, 0.5) is 13.2 Å². The van der Waals surface area contributed by atoms with Crippen LogP contribution in [0, 0.1) is 0 Å². The summed E-state index contributed by atoms with van der Waals surface area (Å²) in [5, 5.41) is 1.47. The molecule has 2 heterocycles. The zero-order chi connectivity index (χ0) is 21.3. The molecular formula is C21H14F3NO3S2. The molecule has 0 spiro atoms. The van der Waals surface area contributed by atoms with Crippen molar-refractivity contribution in [3.8, 4) is 10.6 Å². The number of carbonyl (C=O) groups is 1. The number of benzene rings is 2. The van der Waals surface area contributed by atoms with Crippen molar-refractivity contribution in [2.75, 3.05) is 7.11 Å². The van der Waals surface area contributed by atoms with E-state index in [0.29, 0.717) is 21.9 Å². The summed E-state index contributed by atoms with van der Waals surface area (Å²) in [6, 6.07) is 12.3. The van der Waals surface area contributed by atoms with E-state index in [1.807, 2.05) is 12.1 Å². The van der Waals surface area contributed by atoms with Gasteiger partial charge < -0.3 is 9.15 Å². The maximum atomic E-state index is 12.7. The van der Waals surface area contributed by atoms with E-state index in [9.17, 15) is 18.0 Å². The summed E-state index contributed by atoms with van der Waals surface area (Å²) < 4.78 is 48.2. The Labute approximate surface area is 177 Å². The van der Waals surface area contributed by atoms with Gasteiger partial charge in [-0.25, -0.2) is 9.78 Å². The highest BCUT2D eigenvalue weighted by atomic mass is 32.2. The first-order chi connectivity index (χ1) is 14.3. The lowest BCUT2D eigenvalue weighted by Crippen LogP contribution is -2.03. The van der Waals surface area contributed by atoms with Gasteiger partial charge >= 0.3 is 12.1 Å². The summed E-state index contributed by atoms with van der Waals surface area (Å²) in [7, 11) is 1.30. The van der Waals surface area contributed by atoms with Crippen LogP contribution in [0.15, 0.2) is 64.0 Å². The molecule has 0 amide bonds. The molecular weight excluding hydrogens is 435 g/mol. The van der Waals surface area contributed by atoms with Crippen LogP contribution in [-0.2, 0) is 16.7 Å². The minimum Gasteiger partial charge on any atom is -0.463 e. The van der Waals surface area contributed by atoms with Crippen LogP contribution in [0.3, 0.4) is 0 Å². The molecule has 2 aromatic heterocycles. The molecule has 0 aliphatic rings. The third kappa shape index (κ3) is 4.36. The van der Waals surface area contributed by atoms with Gasteiger partial charge in [-0.05, 0) is 36.4 Å². The van der Waals surface area contributed by atoms with Gasteiger partial charge in [-0.3, -0.25) is 0 Å². The number of alkyl halides is 3. The zero-order valence-electron chi connectivity index (χ0n) is 15.5. The molecule has 4 nitrogen and oxygen atoms in total. The van der Waals surface area contributed by atoms with Gasteiger partial charge in [0, 0.05) is 32.7 Å². The molecule has 0 saturated carbocycles. The summed E-state index contributed by atoms with van der Waals surface area (Å²) in [4.78, 5) is 17.9. The number of thioether (sulfide) groups is 1. The minimum absolute atomic E-state index is 0.151. The van der Waals surface area contributed by atoms with Gasteiger partial charge in [-0.15, -0.1) is 23.1 Å². The van der Waals surface area contributed by atoms with Crippen LogP contribution < -0.4 is 0 Å². The molecule has 0 aliphatic heterocycles. The van der Waals surface area contributed by atoms with Crippen molar-refractivity contribution in [2.24, 2.45) is 0 Å². The van der Waals surface area contributed by atoms with Crippen molar-refractivity contribution in [3.05, 3.63) is 70.9 Å². The number of hydrogen-bond acceptors (Lipinski definition) is 6. The van der Waals surface area contributed by atoms with Gasteiger partial charge in [0.05, 0.1) is 12.7 Å². The molecule has 0 saturated heterocycles. The molecule has 9 heteroatoms. The molecule has 30 heavy (non-hydrogen) atoms. The van der Waals surface area contributed by atoms with Crippen LogP contribution in [0.2, 0.25) is 0 Å². The topological polar surface area (TPSA) is 52.3 Å². The van der Waals surface area contributed by atoms with Crippen LogP contribution in [0.1, 0.15) is 21.0 Å². The monoisotopic (exact) mass is 449 g/mol. The number of thiazole rings is 1. The summed E-state index contributed by atoms with van der Waals surface area (Å²) in [5.41, 5.74) is 0.574. The standard InChI is InChI=1S/C21H14F3NO3S2/c1-27-20(26)18-9-13-8-15(6-7-17(13)28-18)29-11-16-10-25-19(30-16)12-2-4-14(5-3-12)21(22,23)24/h2-10H,11H2,1H3. The Hall–Kier alpha value is -2.78. The Balaban J connectivity index is 1.44. The molecule has 2 aromatic carbocycles. The van der Waals surface area contributed by atoms with Crippen molar-refractivity contribution in [1.82, 2.24) is 4.98 Å². The number of nitrogens with zero attached hydrogens (tertiary/aromatic N) is 1. The fourth-order valence-electron chi connectivity index (χ4n) is 2.78. The van der Waals surface area contributed by atoms with Gasteiger partial charge in [0.2, 0.25) is 5.76 Å². The van der Waals surface area contributed by atoms with Gasteiger partial charge in [0.15, 0.2) is 0 Å². The molecule has 0 N–H and O–H groups in total. The number of fused-ring (bicyclic) bond motifs is 1. The Morgan fingerprint density at radius 1 is 1.17 bits per heavy atom. The first-order valence-electron chi connectivity index (χ1n) is 8.70. The van der Waals surface area contributed by atoms with Crippen LogP contribution in [0.25, 0.3) is 21.5 Å². The number of rotatable bonds is 5. The lowest BCUT2D eigenvalue weighted by Gasteiger charge is -2.06. The maximum absolute atomic E-state index is 12.7. The largest absolute Gasteiger partial charge is 0.463 e. The lowest BCUT2D eigenvalue weighted by atomic mass is 10.1. The summed E-state index contributed by atoms with van der Waals surface area (Å²) >= 11 is 3.03. The number of methoxy groups -OCH3 is 1. The third-order valence-electron chi connectivity index (χ3n) is 4.27. The second kappa shape index (κ2) is 8.16. The second-order valence-corrected chi connectivity index (χ2v) is 8.46. The number of ether oxygens (including phenoxy) is 1. The summed E-state index contributed by atoms with van der Waals surface area (Å²) in [5.74, 6) is 0.282. The number of esters is 1. The average molecular weight is 449 g/mol. The van der Waals surface area contributed by atoms with E-state index in [-0.39, 0.29) is 5.76 Å². The van der Waals surface area contributed by atoms with Gasteiger partial charge in [-0.1, -0.05) is 12.1 Å². The molecule has 0 fully saturated rings. The predicted octanol–water partition coefficient (Wildman–Crippen LogP) is 6.65. The van der Waals surface area contributed by atoms with Crippen molar-refractivity contribution < 1.29 is 27.1 Å². The molecule has 0 aliphatic carbocycles. The fourth-order valence-corrected chi connectivity index (χ4v) is 4.66. The van der Waals surface area contributed by atoms with Crippen molar-refractivity contribution in [2.45, 2.75) is 16.8 Å². The Kier molecular flexibility index (Phi) is 5.57. The van der Waals surface area contributed by atoms with Gasteiger partial charge in [0.1, 0.15) is 10.6 Å². The van der Waals surface area contributed by atoms with E-state index in [2.05, 4.69) is 9.72 Å². The van der Waals surface area contributed by atoms with E-state index in [1.54, 1.807) is 30.1 Å². The van der Waals surface area contributed by atoms with E-state index < -0.39 is 17.7 Å². The predicted molar refractivity (Wildman–Crippen MR) is 110 cm³/mol. The average Bonchev–Trinajstić information content (AvgIpc) is 3.38. The fraction of sp³-hybridized carbons (Fsp3) is 0.143. The van der Waals surface area contributed by atoms with E-state index >= 15 is 0 Å². The van der Waals surface area contributed by atoms with Crippen molar-refractivity contribution in [3.63, 3.8) is 0 Å². The smallest absolute Gasteiger partial charge is 0.416 e. The normalized spacial score (nSPS) is 11.7. The SMILES string of the molecule is COC(=O)c1cc2cc(SCc3cnc(-c4ccc(C(F)(F)F)cc4)s3)ccc2o1. The molecule has 0 bridgehead atoms. The molecule has 4 aromatic rings.